The molecule has 0 saturated carbocycles. The van der Waals surface area contributed by atoms with E-state index in [1.54, 1.807) is 12.1 Å². The lowest BCUT2D eigenvalue weighted by Gasteiger charge is -2.36. The Hall–Kier alpha value is -2.98. The molecule has 0 spiro atoms. The predicted molar refractivity (Wildman–Crippen MR) is 159 cm³/mol. The maximum atomic E-state index is 12.9. The SMILES string of the molecule is O=C(NC(=S)Nc1ccc(N2CCN(C(=O)c3cccs3)CC2)c(Cl)c1)c1cccc2c(Br)cccc12. The number of nitrogens with zero attached hydrogens (tertiary/aromatic N) is 2. The first-order valence-corrected chi connectivity index (χ1v) is 14.0. The molecule has 3 aromatic carbocycles. The minimum atomic E-state index is -0.293. The van der Waals surface area contributed by atoms with Crippen molar-refractivity contribution in [1.29, 1.82) is 0 Å². The fourth-order valence-corrected chi connectivity index (χ4v) is 6.05. The molecule has 0 bridgehead atoms. The Bertz CT molecular complexity index is 1490. The third kappa shape index (κ3) is 5.65. The Morgan fingerprint density at radius 1 is 0.946 bits per heavy atom. The van der Waals surface area contributed by atoms with Gasteiger partial charge in [0.05, 0.1) is 15.6 Å². The molecule has 0 atom stereocenters. The Morgan fingerprint density at radius 2 is 1.70 bits per heavy atom. The lowest BCUT2D eigenvalue weighted by atomic mass is 10.0. The molecule has 0 aliphatic carbocycles. The molecule has 2 N–H and O–H groups in total. The summed E-state index contributed by atoms with van der Waals surface area (Å²) in [7, 11) is 0. The second kappa shape index (κ2) is 11.2. The van der Waals surface area contributed by atoms with E-state index in [-0.39, 0.29) is 16.9 Å². The van der Waals surface area contributed by atoms with Crippen molar-refractivity contribution in [2.24, 2.45) is 0 Å². The number of carbonyl (C=O) groups is 2. The van der Waals surface area contributed by atoms with Gasteiger partial charge in [0.2, 0.25) is 0 Å². The van der Waals surface area contributed by atoms with E-state index in [0.29, 0.717) is 42.5 Å². The number of hydrogen-bond donors (Lipinski definition) is 2. The van der Waals surface area contributed by atoms with Crippen LogP contribution in [-0.4, -0.2) is 48.0 Å². The van der Waals surface area contributed by atoms with E-state index in [9.17, 15) is 9.59 Å². The number of rotatable bonds is 4. The average Bonchev–Trinajstić information content (AvgIpc) is 3.43. The van der Waals surface area contributed by atoms with Crippen molar-refractivity contribution < 1.29 is 9.59 Å². The first kappa shape index (κ1) is 25.7. The first-order chi connectivity index (χ1) is 17.9. The van der Waals surface area contributed by atoms with Crippen molar-refractivity contribution >= 4 is 90.2 Å². The fraction of sp³-hybridized carbons (Fsp3) is 0.148. The van der Waals surface area contributed by atoms with E-state index in [2.05, 4.69) is 31.5 Å². The van der Waals surface area contributed by atoms with Crippen molar-refractivity contribution in [3.63, 3.8) is 0 Å². The third-order valence-corrected chi connectivity index (χ3v) is 8.24. The van der Waals surface area contributed by atoms with Gasteiger partial charge in [0.15, 0.2) is 5.11 Å². The van der Waals surface area contributed by atoms with Crippen LogP contribution in [0, 0.1) is 0 Å². The highest BCUT2D eigenvalue weighted by atomic mass is 79.9. The second-order valence-electron chi connectivity index (χ2n) is 8.47. The van der Waals surface area contributed by atoms with Gasteiger partial charge >= 0.3 is 0 Å². The molecule has 10 heteroatoms. The number of amides is 2. The second-order valence-corrected chi connectivity index (χ2v) is 11.1. The van der Waals surface area contributed by atoms with Crippen LogP contribution in [0.4, 0.5) is 11.4 Å². The Balaban J connectivity index is 1.20. The van der Waals surface area contributed by atoms with Crippen LogP contribution in [-0.2, 0) is 0 Å². The summed E-state index contributed by atoms with van der Waals surface area (Å²) in [6.07, 6.45) is 0. The zero-order valence-corrected chi connectivity index (χ0v) is 23.5. The number of fused-ring (bicyclic) bond motifs is 1. The fourth-order valence-electron chi connectivity index (χ4n) is 4.35. The summed E-state index contributed by atoms with van der Waals surface area (Å²) in [5.74, 6) is -0.217. The van der Waals surface area contributed by atoms with Crippen molar-refractivity contribution in [1.82, 2.24) is 10.2 Å². The number of anilines is 2. The summed E-state index contributed by atoms with van der Waals surface area (Å²) >= 11 is 17.0. The number of piperazine rings is 1. The van der Waals surface area contributed by atoms with Crippen LogP contribution in [0.3, 0.4) is 0 Å². The highest BCUT2D eigenvalue weighted by Crippen LogP contribution is 2.30. The van der Waals surface area contributed by atoms with Crippen molar-refractivity contribution in [3.8, 4) is 0 Å². The molecular formula is C27H22BrClN4O2S2. The van der Waals surface area contributed by atoms with Gasteiger partial charge in [0, 0.05) is 41.9 Å². The zero-order chi connectivity index (χ0) is 25.9. The van der Waals surface area contributed by atoms with E-state index in [1.165, 1.54) is 11.3 Å². The molecule has 2 amide bonds. The van der Waals surface area contributed by atoms with Crippen LogP contribution in [0.25, 0.3) is 10.8 Å². The number of carbonyl (C=O) groups excluding carboxylic acids is 2. The van der Waals surface area contributed by atoms with Gasteiger partial charge in [-0.1, -0.05) is 57.9 Å². The van der Waals surface area contributed by atoms with Gasteiger partial charge in [-0.3, -0.25) is 14.9 Å². The average molecular weight is 614 g/mol. The predicted octanol–water partition coefficient (Wildman–Crippen LogP) is 6.41. The largest absolute Gasteiger partial charge is 0.367 e. The minimum Gasteiger partial charge on any atom is -0.367 e. The first-order valence-electron chi connectivity index (χ1n) is 11.6. The summed E-state index contributed by atoms with van der Waals surface area (Å²) in [4.78, 5) is 30.3. The normalized spacial score (nSPS) is 13.5. The molecule has 6 nitrogen and oxygen atoms in total. The number of thiophene rings is 1. The van der Waals surface area contributed by atoms with Crippen molar-refractivity contribution in [2.75, 3.05) is 36.4 Å². The molecule has 0 radical (unpaired) electrons. The van der Waals surface area contributed by atoms with E-state index in [4.69, 9.17) is 23.8 Å². The number of thiocarbonyl (C=S) groups is 1. The maximum Gasteiger partial charge on any atom is 0.264 e. The van der Waals surface area contributed by atoms with Gasteiger partial charge in [-0.05, 0) is 64.8 Å². The van der Waals surface area contributed by atoms with E-state index in [0.717, 1.165) is 25.8 Å². The van der Waals surface area contributed by atoms with Gasteiger partial charge in [-0.2, -0.15) is 0 Å². The number of nitrogens with one attached hydrogen (secondary N) is 2. The molecule has 0 unspecified atom stereocenters. The van der Waals surface area contributed by atoms with E-state index >= 15 is 0 Å². The minimum absolute atomic E-state index is 0.0759. The third-order valence-electron chi connectivity index (χ3n) is 6.19. The van der Waals surface area contributed by atoms with Gasteiger partial charge in [-0.25, -0.2) is 0 Å². The molecule has 1 aliphatic heterocycles. The van der Waals surface area contributed by atoms with Crippen molar-refractivity contribution in [2.45, 2.75) is 0 Å². The Labute approximate surface area is 237 Å². The van der Waals surface area contributed by atoms with Crippen LogP contribution in [0.1, 0.15) is 20.0 Å². The van der Waals surface area contributed by atoms with Crippen LogP contribution < -0.4 is 15.5 Å². The summed E-state index contributed by atoms with van der Waals surface area (Å²) in [5.41, 5.74) is 2.10. The zero-order valence-electron chi connectivity index (χ0n) is 19.5. The van der Waals surface area contributed by atoms with Gasteiger partial charge in [0.25, 0.3) is 11.8 Å². The molecular weight excluding hydrogens is 592 g/mol. The van der Waals surface area contributed by atoms with E-state index in [1.807, 2.05) is 64.9 Å². The number of halogens is 2. The van der Waals surface area contributed by atoms with Crippen LogP contribution in [0.5, 0.6) is 0 Å². The summed E-state index contributed by atoms with van der Waals surface area (Å²) in [5, 5.41) is 10.3. The van der Waals surface area contributed by atoms with Crippen LogP contribution >= 0.6 is 51.1 Å². The highest BCUT2D eigenvalue weighted by Gasteiger charge is 2.24. The van der Waals surface area contributed by atoms with E-state index < -0.39 is 0 Å². The van der Waals surface area contributed by atoms with Crippen LogP contribution in [0.2, 0.25) is 5.02 Å². The van der Waals surface area contributed by atoms with Crippen LogP contribution in [0.15, 0.2) is 76.6 Å². The van der Waals surface area contributed by atoms with Crippen molar-refractivity contribution in [3.05, 3.63) is 92.0 Å². The molecule has 1 saturated heterocycles. The maximum absolute atomic E-state index is 12.9. The molecule has 37 heavy (non-hydrogen) atoms. The van der Waals surface area contributed by atoms with Gasteiger partial charge < -0.3 is 15.1 Å². The molecule has 4 aromatic rings. The Kier molecular flexibility index (Phi) is 7.76. The lowest BCUT2D eigenvalue weighted by molar-refractivity contribution is 0.0751. The number of hydrogen-bond acceptors (Lipinski definition) is 5. The Morgan fingerprint density at radius 3 is 2.43 bits per heavy atom. The standard InChI is InChI=1S/C27H22BrClN4O2S2/c28-21-7-2-4-18-19(21)5-1-6-20(18)25(34)31-27(36)30-17-9-10-23(22(29)16-17)32-11-13-33(14-12-32)26(35)24-8-3-15-37-24/h1-10,15-16H,11-14H2,(H2,30,31,34,36). The molecule has 5 rings (SSSR count). The molecule has 1 aromatic heterocycles. The summed E-state index contributed by atoms with van der Waals surface area (Å²) in [6.45, 7) is 2.65. The molecule has 1 aliphatic rings. The summed E-state index contributed by atoms with van der Waals surface area (Å²) in [6, 6.07) is 20.6. The topological polar surface area (TPSA) is 64.7 Å². The quantitative estimate of drug-likeness (QED) is 0.261. The smallest absolute Gasteiger partial charge is 0.264 e. The molecule has 188 valence electrons. The monoisotopic (exact) mass is 612 g/mol. The van der Waals surface area contributed by atoms with Gasteiger partial charge in [0.1, 0.15) is 0 Å². The lowest BCUT2D eigenvalue weighted by Crippen LogP contribution is -2.48. The van der Waals surface area contributed by atoms with Gasteiger partial charge in [-0.15, -0.1) is 11.3 Å². The molecule has 1 fully saturated rings. The molecule has 2 heterocycles. The summed E-state index contributed by atoms with van der Waals surface area (Å²) < 4.78 is 0.922. The number of benzene rings is 3. The highest BCUT2D eigenvalue weighted by molar-refractivity contribution is 9.10.